The minimum absolute atomic E-state index is 0.237. The summed E-state index contributed by atoms with van der Waals surface area (Å²) >= 11 is 0. The first-order valence-electron chi connectivity index (χ1n) is 10.0. The lowest BCUT2D eigenvalue weighted by molar-refractivity contribution is 0.00256. The molecule has 0 radical (unpaired) electrons. The number of carbonyl (C=O) groups is 1. The molecular weight excluding hydrogens is 394 g/mol. The summed E-state index contributed by atoms with van der Waals surface area (Å²) in [6.07, 6.45) is 9.00. The molecule has 1 aliphatic rings. The summed E-state index contributed by atoms with van der Waals surface area (Å²) in [4.78, 5) is 21.9. The maximum absolute atomic E-state index is 13.0. The molecule has 0 atom stereocenters. The van der Waals surface area contributed by atoms with E-state index in [0.29, 0.717) is 28.5 Å². The third-order valence-corrected chi connectivity index (χ3v) is 5.44. The molecule has 0 bridgehead atoms. The second-order valence-corrected chi connectivity index (χ2v) is 7.42. The fraction of sp³-hybridized carbons (Fsp3) is 0.227. The van der Waals surface area contributed by atoms with Crippen LogP contribution in [0.1, 0.15) is 29.4 Å². The molecule has 1 saturated carbocycles. The minimum atomic E-state index is -0.314. The van der Waals surface area contributed by atoms with Crippen LogP contribution in [0.4, 0.5) is 5.69 Å². The number of hydrogen-bond acceptors (Lipinski definition) is 6. The molecule has 1 aliphatic carbocycles. The standard InChI is InChI=1S/C22H21N7O2/c1-31-16-9-15(10-16)29-13-20(21(28-29)18-5-2-3-8-23-18)27-22(30)19-7-4-6-17(26-19)14-11-24-25-12-14/h2-8,11-13,15-16H,9-10H2,1H3,(H,24,25)(H,27,30). The fourth-order valence-electron chi connectivity index (χ4n) is 3.61. The van der Waals surface area contributed by atoms with Crippen LogP contribution in [0.25, 0.3) is 22.6 Å². The summed E-state index contributed by atoms with van der Waals surface area (Å²) in [5.41, 5.74) is 3.71. The number of H-pyrrole nitrogens is 1. The van der Waals surface area contributed by atoms with Crippen LogP contribution in [-0.4, -0.2) is 49.1 Å². The van der Waals surface area contributed by atoms with Gasteiger partial charge in [-0.05, 0) is 37.1 Å². The van der Waals surface area contributed by atoms with Crippen LogP contribution in [0.2, 0.25) is 0 Å². The number of amides is 1. The first-order valence-corrected chi connectivity index (χ1v) is 10.0. The van der Waals surface area contributed by atoms with Crippen molar-refractivity contribution in [1.82, 2.24) is 29.9 Å². The smallest absolute Gasteiger partial charge is 0.274 e. The monoisotopic (exact) mass is 415 g/mol. The zero-order valence-corrected chi connectivity index (χ0v) is 16.9. The predicted molar refractivity (Wildman–Crippen MR) is 114 cm³/mol. The number of aromatic nitrogens is 6. The molecule has 0 saturated heterocycles. The molecule has 4 aromatic rings. The van der Waals surface area contributed by atoms with E-state index in [0.717, 1.165) is 18.4 Å². The van der Waals surface area contributed by atoms with Crippen LogP contribution >= 0.6 is 0 Å². The number of nitrogens with one attached hydrogen (secondary N) is 2. The Balaban J connectivity index is 1.43. The third kappa shape index (κ3) is 3.82. The van der Waals surface area contributed by atoms with E-state index >= 15 is 0 Å². The molecule has 4 aromatic heterocycles. The van der Waals surface area contributed by atoms with Gasteiger partial charge < -0.3 is 10.1 Å². The van der Waals surface area contributed by atoms with E-state index in [1.165, 1.54) is 0 Å². The Labute approximate surface area is 178 Å². The molecule has 1 amide bonds. The number of methoxy groups -OCH3 is 1. The Morgan fingerprint density at radius 3 is 2.81 bits per heavy atom. The number of rotatable bonds is 6. The summed E-state index contributed by atoms with van der Waals surface area (Å²) in [5, 5.41) is 14.4. The number of nitrogens with zero attached hydrogens (tertiary/aromatic N) is 5. The highest BCUT2D eigenvalue weighted by molar-refractivity contribution is 6.04. The average molecular weight is 415 g/mol. The summed E-state index contributed by atoms with van der Waals surface area (Å²) in [6.45, 7) is 0. The highest BCUT2D eigenvalue weighted by Crippen LogP contribution is 2.36. The van der Waals surface area contributed by atoms with E-state index in [1.54, 1.807) is 37.8 Å². The zero-order chi connectivity index (χ0) is 21.2. The second kappa shape index (κ2) is 8.11. The van der Waals surface area contributed by atoms with Crippen LogP contribution in [0.3, 0.4) is 0 Å². The van der Waals surface area contributed by atoms with Crippen molar-refractivity contribution in [2.45, 2.75) is 25.0 Å². The fourth-order valence-corrected chi connectivity index (χ4v) is 3.61. The van der Waals surface area contributed by atoms with Gasteiger partial charge >= 0.3 is 0 Å². The van der Waals surface area contributed by atoms with E-state index in [1.807, 2.05) is 35.1 Å². The van der Waals surface area contributed by atoms with Crippen molar-refractivity contribution >= 4 is 11.6 Å². The van der Waals surface area contributed by atoms with Crippen molar-refractivity contribution in [3.05, 3.63) is 66.9 Å². The number of carbonyl (C=O) groups excluding carboxylic acids is 1. The molecule has 0 spiro atoms. The molecule has 156 valence electrons. The second-order valence-electron chi connectivity index (χ2n) is 7.42. The van der Waals surface area contributed by atoms with Gasteiger partial charge in [-0.3, -0.25) is 19.6 Å². The number of aromatic amines is 1. The highest BCUT2D eigenvalue weighted by atomic mass is 16.5. The Morgan fingerprint density at radius 2 is 2.06 bits per heavy atom. The number of hydrogen-bond donors (Lipinski definition) is 2. The van der Waals surface area contributed by atoms with Crippen molar-refractivity contribution in [3.63, 3.8) is 0 Å². The van der Waals surface area contributed by atoms with Crippen molar-refractivity contribution in [2.75, 3.05) is 12.4 Å². The molecule has 0 aromatic carbocycles. The van der Waals surface area contributed by atoms with E-state index in [9.17, 15) is 4.79 Å². The average Bonchev–Trinajstić information content (AvgIpc) is 3.44. The quantitative estimate of drug-likeness (QED) is 0.500. The Bertz CT molecular complexity index is 1180. The highest BCUT2D eigenvalue weighted by Gasteiger charge is 2.32. The molecule has 9 nitrogen and oxygen atoms in total. The Kier molecular flexibility index (Phi) is 5.01. The molecular formula is C22H21N7O2. The van der Waals surface area contributed by atoms with E-state index < -0.39 is 0 Å². The normalized spacial score (nSPS) is 17.8. The van der Waals surface area contributed by atoms with Gasteiger partial charge in [0, 0.05) is 31.3 Å². The first-order chi connectivity index (χ1) is 15.2. The Morgan fingerprint density at radius 1 is 1.19 bits per heavy atom. The molecule has 5 rings (SSSR count). The van der Waals surface area contributed by atoms with E-state index in [4.69, 9.17) is 9.84 Å². The first kappa shape index (κ1) is 19.1. The maximum atomic E-state index is 13.0. The molecule has 0 aliphatic heterocycles. The lowest BCUT2D eigenvalue weighted by Gasteiger charge is -2.34. The molecule has 4 heterocycles. The van der Waals surface area contributed by atoms with Crippen LogP contribution in [0.5, 0.6) is 0 Å². The van der Waals surface area contributed by atoms with Gasteiger partial charge in [0.15, 0.2) is 0 Å². The Hall–Kier alpha value is -3.85. The zero-order valence-electron chi connectivity index (χ0n) is 16.9. The van der Waals surface area contributed by atoms with E-state index in [2.05, 4.69) is 25.5 Å². The van der Waals surface area contributed by atoms with Gasteiger partial charge in [0.05, 0.1) is 35.4 Å². The lowest BCUT2D eigenvalue weighted by atomic mass is 9.89. The summed E-state index contributed by atoms with van der Waals surface area (Å²) < 4.78 is 7.28. The van der Waals surface area contributed by atoms with Crippen LogP contribution in [0.15, 0.2) is 61.2 Å². The van der Waals surface area contributed by atoms with Crippen molar-refractivity contribution < 1.29 is 9.53 Å². The van der Waals surface area contributed by atoms with Gasteiger partial charge in [0.1, 0.15) is 11.4 Å². The van der Waals surface area contributed by atoms with Gasteiger partial charge in [-0.15, -0.1) is 0 Å². The van der Waals surface area contributed by atoms with Gasteiger partial charge in [0.25, 0.3) is 5.91 Å². The van der Waals surface area contributed by atoms with Gasteiger partial charge in [-0.2, -0.15) is 10.2 Å². The minimum Gasteiger partial charge on any atom is -0.381 e. The largest absolute Gasteiger partial charge is 0.381 e. The maximum Gasteiger partial charge on any atom is 0.274 e. The number of ether oxygens (including phenoxy) is 1. The lowest BCUT2D eigenvalue weighted by Crippen LogP contribution is -2.32. The van der Waals surface area contributed by atoms with Gasteiger partial charge in [0.2, 0.25) is 0 Å². The van der Waals surface area contributed by atoms with Crippen LogP contribution in [-0.2, 0) is 4.74 Å². The molecule has 1 fully saturated rings. The summed E-state index contributed by atoms with van der Waals surface area (Å²) in [5.74, 6) is -0.314. The third-order valence-electron chi connectivity index (χ3n) is 5.44. The number of pyridine rings is 2. The topological polar surface area (TPSA) is 111 Å². The molecule has 9 heteroatoms. The SMILES string of the molecule is COC1CC(n2cc(NC(=O)c3cccc(-c4cn[nH]c4)n3)c(-c3ccccn3)n2)C1. The van der Waals surface area contributed by atoms with Crippen LogP contribution < -0.4 is 5.32 Å². The molecule has 0 unspecified atom stereocenters. The van der Waals surface area contributed by atoms with Crippen LogP contribution in [0, 0.1) is 0 Å². The van der Waals surface area contributed by atoms with Crippen molar-refractivity contribution in [1.29, 1.82) is 0 Å². The van der Waals surface area contributed by atoms with Gasteiger partial charge in [-0.25, -0.2) is 4.98 Å². The van der Waals surface area contributed by atoms with Gasteiger partial charge in [-0.1, -0.05) is 12.1 Å². The molecule has 2 N–H and O–H groups in total. The molecule has 31 heavy (non-hydrogen) atoms. The van der Waals surface area contributed by atoms with Crippen molar-refractivity contribution in [3.8, 4) is 22.6 Å². The van der Waals surface area contributed by atoms with Crippen molar-refractivity contribution in [2.24, 2.45) is 0 Å². The predicted octanol–water partition coefficient (Wildman–Crippen LogP) is 3.33. The summed E-state index contributed by atoms with van der Waals surface area (Å²) in [6, 6.07) is 11.2. The summed E-state index contributed by atoms with van der Waals surface area (Å²) in [7, 11) is 1.72. The van der Waals surface area contributed by atoms with E-state index in [-0.39, 0.29) is 18.1 Å². The number of anilines is 1.